The van der Waals surface area contributed by atoms with Crippen molar-refractivity contribution in [1.29, 1.82) is 0 Å². The molecule has 1 atom stereocenters. The van der Waals surface area contributed by atoms with E-state index in [-0.39, 0.29) is 6.10 Å². The summed E-state index contributed by atoms with van der Waals surface area (Å²) in [5.41, 5.74) is 5.09. The molecule has 0 radical (unpaired) electrons. The van der Waals surface area contributed by atoms with E-state index in [1.807, 2.05) is 0 Å². The lowest BCUT2D eigenvalue weighted by Crippen LogP contribution is -2.37. The van der Waals surface area contributed by atoms with E-state index < -0.39 is 0 Å². The van der Waals surface area contributed by atoms with Gasteiger partial charge in [0.2, 0.25) is 0 Å². The van der Waals surface area contributed by atoms with E-state index in [0.29, 0.717) is 5.11 Å². The molecule has 2 aliphatic heterocycles. The van der Waals surface area contributed by atoms with Gasteiger partial charge in [-0.25, -0.2) is 0 Å². The van der Waals surface area contributed by atoms with Crippen LogP contribution >= 0.6 is 12.2 Å². The third kappa shape index (κ3) is 5.15. The number of anilines is 1. The summed E-state index contributed by atoms with van der Waals surface area (Å²) in [4.78, 5) is 2.33. The maximum absolute atomic E-state index is 5.54. The summed E-state index contributed by atoms with van der Waals surface area (Å²) in [6.07, 6.45) is 4.25. The number of nitrogens with one attached hydrogen (secondary N) is 2. The molecule has 130 valence electrons. The van der Waals surface area contributed by atoms with Crippen molar-refractivity contribution in [3.63, 3.8) is 0 Å². The average molecular weight is 348 g/mol. The Morgan fingerprint density at radius 2 is 2.04 bits per heavy atom. The van der Waals surface area contributed by atoms with E-state index in [1.165, 1.54) is 5.69 Å². The Morgan fingerprint density at radius 1 is 1.25 bits per heavy atom. The van der Waals surface area contributed by atoms with E-state index in [9.17, 15) is 0 Å². The number of hydrazone groups is 1. The van der Waals surface area contributed by atoms with Gasteiger partial charge in [-0.2, -0.15) is 5.10 Å². The van der Waals surface area contributed by atoms with E-state index in [1.54, 1.807) is 6.21 Å². The lowest BCUT2D eigenvalue weighted by molar-refractivity contribution is 0.114. The molecule has 6 nitrogen and oxygen atoms in total. The molecule has 1 aromatic rings. The molecule has 7 heteroatoms. The molecular weight excluding hydrogens is 324 g/mol. The Bertz CT molecular complexity index is 552. The lowest BCUT2D eigenvalue weighted by Gasteiger charge is -2.28. The Morgan fingerprint density at radius 3 is 2.75 bits per heavy atom. The van der Waals surface area contributed by atoms with Gasteiger partial charge in [-0.05, 0) is 42.8 Å². The van der Waals surface area contributed by atoms with Gasteiger partial charge in [0.25, 0.3) is 0 Å². The van der Waals surface area contributed by atoms with Crippen molar-refractivity contribution in [2.45, 2.75) is 18.9 Å². The third-order valence-electron chi connectivity index (χ3n) is 4.16. The normalized spacial score (nSPS) is 21.2. The Labute approximate surface area is 148 Å². The molecule has 1 aromatic carbocycles. The smallest absolute Gasteiger partial charge is 0.187 e. The van der Waals surface area contributed by atoms with Crippen LogP contribution in [-0.4, -0.2) is 56.9 Å². The van der Waals surface area contributed by atoms with Crippen LogP contribution in [0.15, 0.2) is 29.4 Å². The van der Waals surface area contributed by atoms with Crippen LogP contribution < -0.4 is 15.6 Å². The maximum atomic E-state index is 5.54. The SMILES string of the molecule is S=C(NCC1CCCO1)N/N=C/c1ccc(N2CCOCC2)cc1. The summed E-state index contributed by atoms with van der Waals surface area (Å²) in [5, 5.41) is 7.82. The van der Waals surface area contributed by atoms with Gasteiger partial charge in [0.1, 0.15) is 0 Å². The first-order valence-electron chi connectivity index (χ1n) is 8.42. The first kappa shape index (κ1) is 17.1. The number of hydrogen-bond acceptors (Lipinski definition) is 5. The highest BCUT2D eigenvalue weighted by Gasteiger charge is 2.15. The molecule has 2 N–H and O–H groups in total. The van der Waals surface area contributed by atoms with Gasteiger partial charge < -0.3 is 19.7 Å². The van der Waals surface area contributed by atoms with E-state index in [0.717, 1.165) is 57.9 Å². The van der Waals surface area contributed by atoms with Gasteiger partial charge in [-0.1, -0.05) is 12.1 Å². The Hall–Kier alpha value is -1.70. The largest absolute Gasteiger partial charge is 0.378 e. The molecule has 2 aliphatic rings. The van der Waals surface area contributed by atoms with Crippen molar-refractivity contribution in [2.24, 2.45) is 5.10 Å². The molecule has 0 aromatic heterocycles. The first-order valence-corrected chi connectivity index (χ1v) is 8.83. The molecule has 0 bridgehead atoms. The minimum atomic E-state index is 0.265. The van der Waals surface area contributed by atoms with Crippen molar-refractivity contribution in [3.05, 3.63) is 29.8 Å². The minimum absolute atomic E-state index is 0.265. The van der Waals surface area contributed by atoms with Crippen molar-refractivity contribution >= 4 is 29.2 Å². The topological polar surface area (TPSA) is 58.1 Å². The summed E-state index contributed by atoms with van der Waals surface area (Å²) >= 11 is 5.20. The van der Waals surface area contributed by atoms with Crippen molar-refractivity contribution in [1.82, 2.24) is 10.7 Å². The van der Waals surface area contributed by atoms with E-state index in [2.05, 4.69) is 45.0 Å². The minimum Gasteiger partial charge on any atom is -0.378 e. The molecular formula is C17H24N4O2S. The zero-order valence-corrected chi connectivity index (χ0v) is 14.6. The molecule has 2 saturated heterocycles. The second-order valence-corrected chi connectivity index (χ2v) is 6.31. The number of morpholine rings is 1. The van der Waals surface area contributed by atoms with Crippen LogP contribution in [0.1, 0.15) is 18.4 Å². The van der Waals surface area contributed by atoms with Crippen LogP contribution in [0.5, 0.6) is 0 Å². The maximum Gasteiger partial charge on any atom is 0.187 e. The average Bonchev–Trinajstić information content (AvgIpc) is 3.15. The number of benzene rings is 1. The van der Waals surface area contributed by atoms with Gasteiger partial charge in [0.15, 0.2) is 5.11 Å². The fourth-order valence-corrected chi connectivity index (χ4v) is 2.95. The number of nitrogens with zero attached hydrogens (tertiary/aromatic N) is 2. The molecule has 1 unspecified atom stereocenters. The quantitative estimate of drug-likeness (QED) is 0.478. The summed E-state index contributed by atoms with van der Waals surface area (Å²) in [5.74, 6) is 0. The predicted octanol–water partition coefficient (Wildman–Crippen LogP) is 1.50. The van der Waals surface area contributed by atoms with Crippen LogP contribution in [-0.2, 0) is 9.47 Å². The fraction of sp³-hybridized carbons (Fsp3) is 0.529. The molecule has 2 fully saturated rings. The highest BCUT2D eigenvalue weighted by molar-refractivity contribution is 7.80. The van der Waals surface area contributed by atoms with Crippen LogP contribution in [0.25, 0.3) is 0 Å². The molecule has 2 heterocycles. The van der Waals surface area contributed by atoms with E-state index in [4.69, 9.17) is 21.7 Å². The molecule has 0 amide bonds. The fourth-order valence-electron chi connectivity index (χ4n) is 2.81. The van der Waals surface area contributed by atoms with E-state index >= 15 is 0 Å². The van der Waals surface area contributed by atoms with Gasteiger partial charge in [-0.15, -0.1) is 0 Å². The monoisotopic (exact) mass is 348 g/mol. The molecule has 24 heavy (non-hydrogen) atoms. The first-order chi connectivity index (χ1) is 11.8. The van der Waals surface area contributed by atoms with Crippen molar-refractivity contribution < 1.29 is 9.47 Å². The van der Waals surface area contributed by atoms with Crippen LogP contribution in [0.4, 0.5) is 5.69 Å². The zero-order valence-electron chi connectivity index (χ0n) is 13.7. The lowest BCUT2D eigenvalue weighted by atomic mass is 10.2. The number of hydrogen-bond donors (Lipinski definition) is 2. The second-order valence-electron chi connectivity index (χ2n) is 5.91. The van der Waals surface area contributed by atoms with Crippen molar-refractivity contribution in [3.8, 4) is 0 Å². The standard InChI is InChI=1S/C17H24N4O2S/c24-17(18-13-16-2-1-9-23-16)20-19-12-14-3-5-15(6-4-14)21-7-10-22-11-8-21/h3-6,12,16H,1-2,7-11,13H2,(H2,18,20,24)/b19-12+. The number of thiocarbonyl (C=S) groups is 1. The highest BCUT2D eigenvalue weighted by Crippen LogP contribution is 2.16. The molecule has 0 spiro atoms. The van der Waals surface area contributed by atoms with Gasteiger partial charge >= 0.3 is 0 Å². The summed E-state index contributed by atoms with van der Waals surface area (Å²) in [6.45, 7) is 5.06. The van der Waals surface area contributed by atoms with Crippen molar-refractivity contribution in [2.75, 3.05) is 44.4 Å². The van der Waals surface area contributed by atoms with Crippen LogP contribution in [0.3, 0.4) is 0 Å². The van der Waals surface area contributed by atoms with Gasteiger partial charge in [-0.3, -0.25) is 5.43 Å². The zero-order chi connectivity index (χ0) is 16.6. The molecule has 3 rings (SSSR count). The van der Waals surface area contributed by atoms with Crippen LogP contribution in [0.2, 0.25) is 0 Å². The molecule has 0 saturated carbocycles. The highest BCUT2D eigenvalue weighted by atomic mass is 32.1. The Balaban J connectivity index is 1.41. The molecule has 0 aliphatic carbocycles. The summed E-state index contributed by atoms with van der Waals surface area (Å²) < 4.78 is 10.9. The second kappa shape index (κ2) is 8.96. The van der Waals surface area contributed by atoms with Gasteiger partial charge in [0, 0.05) is 31.9 Å². The predicted molar refractivity (Wildman–Crippen MR) is 99.8 cm³/mol. The van der Waals surface area contributed by atoms with Gasteiger partial charge in [0.05, 0.1) is 25.5 Å². The number of ether oxygens (including phenoxy) is 2. The summed E-state index contributed by atoms with van der Waals surface area (Å²) in [7, 11) is 0. The summed E-state index contributed by atoms with van der Waals surface area (Å²) in [6, 6.07) is 8.33. The number of rotatable bonds is 5. The third-order valence-corrected chi connectivity index (χ3v) is 4.40. The Kier molecular flexibility index (Phi) is 6.40. The van der Waals surface area contributed by atoms with Crippen LogP contribution in [0, 0.1) is 0 Å².